The second-order valence-corrected chi connectivity index (χ2v) is 6.70. The van der Waals surface area contributed by atoms with Gasteiger partial charge in [0.15, 0.2) is 0 Å². The van der Waals surface area contributed by atoms with Crippen molar-refractivity contribution in [3.63, 3.8) is 0 Å². The lowest BCUT2D eigenvalue weighted by Crippen LogP contribution is -2.43. The van der Waals surface area contributed by atoms with Gasteiger partial charge in [-0.05, 0) is 25.7 Å². The summed E-state index contributed by atoms with van der Waals surface area (Å²) in [5.41, 5.74) is -0.751. The minimum atomic E-state index is -4.65. The molecule has 2 fully saturated rings. The molecule has 0 aromatic carbocycles. The summed E-state index contributed by atoms with van der Waals surface area (Å²) in [6.45, 7) is 3.07. The van der Waals surface area contributed by atoms with E-state index in [4.69, 9.17) is 0 Å². The fourth-order valence-electron chi connectivity index (χ4n) is 3.52. The molecule has 1 amide bonds. The van der Waals surface area contributed by atoms with Gasteiger partial charge in [-0.25, -0.2) is 9.48 Å². The first-order chi connectivity index (χ1) is 11.8. The molecular weight excluding hydrogens is 339 g/mol. The summed E-state index contributed by atoms with van der Waals surface area (Å²) in [6, 6.07) is -0.368. The molecule has 0 saturated carbocycles. The van der Waals surface area contributed by atoms with Crippen LogP contribution in [-0.4, -0.2) is 62.8 Å². The highest BCUT2D eigenvalue weighted by atomic mass is 19.4. The van der Waals surface area contributed by atoms with Gasteiger partial charge in [0, 0.05) is 33.2 Å². The van der Waals surface area contributed by atoms with Gasteiger partial charge in [-0.15, -0.1) is 5.10 Å². The minimum absolute atomic E-state index is 0.102. The predicted molar refractivity (Wildman–Crippen MR) is 83.0 cm³/mol. The maximum Gasteiger partial charge on any atom is 0.451 e. The monoisotopic (exact) mass is 361 g/mol. The summed E-state index contributed by atoms with van der Waals surface area (Å²) in [7, 11) is 1.08. The fraction of sp³-hybridized carbons (Fsp3) is 0.800. The van der Waals surface area contributed by atoms with Gasteiger partial charge >= 0.3 is 11.9 Å². The number of nitrogens with zero attached hydrogens (tertiary/aromatic N) is 5. The number of carbonyl (C=O) groups excluding carboxylic acids is 1. The molecule has 25 heavy (non-hydrogen) atoms. The van der Waals surface area contributed by atoms with Crippen LogP contribution in [-0.2, 0) is 18.0 Å². The molecule has 0 N–H and O–H groups in total. The Kier molecular flexibility index (Phi) is 4.90. The standard InChI is InChI=1S/C15H22F3N5O2/c1-20-13(15(16,17)18)19-23(14(20)25)11-4-8-21(9-5-11)10-12(24)22-6-2-3-7-22/h11H,2-10H2,1H3. The molecule has 1 aromatic heterocycles. The van der Waals surface area contributed by atoms with Gasteiger partial charge in [0.05, 0.1) is 12.6 Å². The summed E-state index contributed by atoms with van der Waals surface area (Å²) in [4.78, 5) is 28.1. The van der Waals surface area contributed by atoms with Crippen LogP contribution in [0.15, 0.2) is 4.79 Å². The van der Waals surface area contributed by atoms with Crippen molar-refractivity contribution in [2.45, 2.75) is 37.9 Å². The molecule has 2 aliphatic rings. The number of hydrogen-bond acceptors (Lipinski definition) is 4. The van der Waals surface area contributed by atoms with Crippen LogP contribution in [0.2, 0.25) is 0 Å². The SMILES string of the molecule is Cn1c(C(F)(F)F)nn(C2CCN(CC(=O)N3CCCC3)CC2)c1=O. The third-order valence-corrected chi connectivity index (χ3v) is 4.98. The summed E-state index contributed by atoms with van der Waals surface area (Å²) in [6.07, 6.45) is -1.57. The average molecular weight is 361 g/mol. The summed E-state index contributed by atoms with van der Waals surface area (Å²) in [5.74, 6) is -1.07. The number of halogens is 3. The maximum atomic E-state index is 12.9. The molecule has 2 aliphatic heterocycles. The number of carbonyl (C=O) groups is 1. The molecule has 3 heterocycles. The highest BCUT2D eigenvalue weighted by Gasteiger charge is 2.39. The van der Waals surface area contributed by atoms with E-state index in [1.807, 2.05) is 9.80 Å². The largest absolute Gasteiger partial charge is 0.451 e. The average Bonchev–Trinajstić information content (AvgIpc) is 3.18. The van der Waals surface area contributed by atoms with Crippen molar-refractivity contribution in [1.82, 2.24) is 24.1 Å². The number of alkyl halides is 3. The number of piperidine rings is 1. The van der Waals surface area contributed by atoms with Crippen LogP contribution < -0.4 is 5.69 Å². The molecule has 0 spiro atoms. The number of hydrogen-bond donors (Lipinski definition) is 0. The van der Waals surface area contributed by atoms with Crippen molar-refractivity contribution < 1.29 is 18.0 Å². The summed E-state index contributed by atoms with van der Waals surface area (Å²) in [5, 5.41) is 3.50. The Morgan fingerprint density at radius 1 is 1.16 bits per heavy atom. The third-order valence-electron chi connectivity index (χ3n) is 4.98. The lowest BCUT2D eigenvalue weighted by molar-refractivity contribution is -0.147. The molecule has 0 radical (unpaired) electrons. The highest BCUT2D eigenvalue weighted by Crippen LogP contribution is 2.28. The van der Waals surface area contributed by atoms with E-state index in [9.17, 15) is 22.8 Å². The molecular formula is C15H22F3N5O2. The second-order valence-electron chi connectivity index (χ2n) is 6.70. The molecule has 0 bridgehead atoms. The molecule has 10 heteroatoms. The van der Waals surface area contributed by atoms with Gasteiger partial charge in [0.2, 0.25) is 11.7 Å². The van der Waals surface area contributed by atoms with Crippen LogP contribution in [0.25, 0.3) is 0 Å². The number of aromatic nitrogens is 3. The van der Waals surface area contributed by atoms with E-state index in [2.05, 4.69) is 5.10 Å². The van der Waals surface area contributed by atoms with Crippen LogP contribution in [0.3, 0.4) is 0 Å². The molecule has 3 rings (SSSR count). The van der Waals surface area contributed by atoms with Gasteiger partial charge in [-0.3, -0.25) is 14.3 Å². The Balaban J connectivity index is 1.61. The van der Waals surface area contributed by atoms with E-state index in [0.29, 0.717) is 37.0 Å². The van der Waals surface area contributed by atoms with Crippen molar-refractivity contribution in [2.75, 3.05) is 32.7 Å². The molecule has 2 saturated heterocycles. The second kappa shape index (κ2) is 6.81. The Hall–Kier alpha value is -1.84. The van der Waals surface area contributed by atoms with E-state index < -0.39 is 17.7 Å². The van der Waals surface area contributed by atoms with Gasteiger partial charge in [0.25, 0.3) is 0 Å². The van der Waals surface area contributed by atoms with Crippen molar-refractivity contribution in [1.29, 1.82) is 0 Å². The Bertz CT molecular complexity index is 682. The van der Waals surface area contributed by atoms with Gasteiger partial charge in [-0.2, -0.15) is 13.2 Å². The van der Waals surface area contributed by atoms with Crippen LogP contribution in [0.1, 0.15) is 37.5 Å². The van der Waals surface area contributed by atoms with E-state index in [1.54, 1.807) is 0 Å². The van der Waals surface area contributed by atoms with Crippen LogP contribution in [0.5, 0.6) is 0 Å². The van der Waals surface area contributed by atoms with E-state index in [0.717, 1.165) is 37.7 Å². The van der Waals surface area contributed by atoms with E-state index >= 15 is 0 Å². The predicted octanol–water partition coefficient (Wildman–Crippen LogP) is 0.860. The Morgan fingerprint density at radius 2 is 1.76 bits per heavy atom. The van der Waals surface area contributed by atoms with E-state index in [1.165, 1.54) is 0 Å². The summed E-state index contributed by atoms with van der Waals surface area (Å²) < 4.78 is 40.1. The van der Waals surface area contributed by atoms with Gasteiger partial charge in [0.1, 0.15) is 0 Å². The van der Waals surface area contributed by atoms with Crippen LogP contribution in [0, 0.1) is 0 Å². The molecule has 0 atom stereocenters. The van der Waals surface area contributed by atoms with Crippen molar-refractivity contribution >= 4 is 5.91 Å². The molecule has 7 nitrogen and oxygen atoms in total. The minimum Gasteiger partial charge on any atom is -0.342 e. The Labute approximate surface area is 143 Å². The number of amides is 1. The molecule has 140 valence electrons. The maximum absolute atomic E-state index is 12.9. The van der Waals surface area contributed by atoms with Crippen molar-refractivity contribution in [2.24, 2.45) is 7.05 Å². The lowest BCUT2D eigenvalue weighted by Gasteiger charge is -2.32. The fourth-order valence-corrected chi connectivity index (χ4v) is 3.52. The molecule has 0 unspecified atom stereocenters. The quantitative estimate of drug-likeness (QED) is 0.801. The van der Waals surface area contributed by atoms with Gasteiger partial charge in [-0.1, -0.05) is 0 Å². The topological polar surface area (TPSA) is 63.4 Å². The molecule has 0 aliphatic carbocycles. The van der Waals surface area contributed by atoms with E-state index in [-0.39, 0.29) is 11.9 Å². The van der Waals surface area contributed by atoms with Gasteiger partial charge < -0.3 is 4.90 Å². The number of likely N-dealkylation sites (tertiary alicyclic amines) is 2. The first kappa shape index (κ1) is 18.0. The smallest absolute Gasteiger partial charge is 0.342 e. The van der Waals surface area contributed by atoms with Crippen LogP contribution in [0.4, 0.5) is 13.2 Å². The summed E-state index contributed by atoms with van der Waals surface area (Å²) >= 11 is 0. The Morgan fingerprint density at radius 3 is 2.28 bits per heavy atom. The molecule has 1 aromatic rings. The lowest BCUT2D eigenvalue weighted by atomic mass is 10.1. The zero-order valence-electron chi connectivity index (χ0n) is 14.1. The highest BCUT2D eigenvalue weighted by molar-refractivity contribution is 5.78. The van der Waals surface area contributed by atoms with Crippen molar-refractivity contribution in [3.8, 4) is 0 Å². The van der Waals surface area contributed by atoms with Crippen LogP contribution >= 0.6 is 0 Å². The number of rotatable bonds is 3. The first-order valence-corrected chi connectivity index (χ1v) is 8.50. The normalized spacial score (nSPS) is 20.4. The first-order valence-electron chi connectivity index (χ1n) is 8.50. The zero-order valence-corrected chi connectivity index (χ0v) is 14.1. The zero-order chi connectivity index (χ0) is 18.2. The third kappa shape index (κ3) is 3.73. The van der Waals surface area contributed by atoms with Crippen molar-refractivity contribution in [3.05, 3.63) is 16.3 Å².